The molecule has 27 heavy (non-hydrogen) atoms. The molecular formula is C21H25N5O. The summed E-state index contributed by atoms with van der Waals surface area (Å²) in [5.41, 5.74) is 2.52. The third kappa shape index (κ3) is 5.41. The molecule has 6 nitrogen and oxygen atoms in total. The molecule has 3 aromatic rings. The Morgan fingerprint density at radius 1 is 1.04 bits per heavy atom. The van der Waals surface area contributed by atoms with Gasteiger partial charge in [-0.1, -0.05) is 0 Å². The van der Waals surface area contributed by atoms with Gasteiger partial charge in [-0.3, -0.25) is 4.98 Å². The van der Waals surface area contributed by atoms with Crippen molar-refractivity contribution < 1.29 is 4.74 Å². The Bertz CT molecular complexity index is 873. The van der Waals surface area contributed by atoms with E-state index in [9.17, 15) is 0 Å². The second kappa shape index (κ2) is 8.03. The average molecular weight is 363 g/mol. The maximum Gasteiger partial charge on any atom is 0.225 e. The molecule has 0 fully saturated rings. The number of pyridine rings is 1. The average Bonchev–Trinajstić information content (AvgIpc) is 2.63. The number of aromatic nitrogens is 3. The van der Waals surface area contributed by atoms with Crippen LogP contribution in [0.25, 0.3) is 11.3 Å². The van der Waals surface area contributed by atoms with Crippen LogP contribution in [0.5, 0.6) is 5.75 Å². The first kappa shape index (κ1) is 18.6. The topological polar surface area (TPSA) is 72.0 Å². The summed E-state index contributed by atoms with van der Waals surface area (Å²) in [7, 11) is 0. The third-order valence-electron chi connectivity index (χ3n) is 3.61. The zero-order chi connectivity index (χ0) is 19.3. The van der Waals surface area contributed by atoms with Gasteiger partial charge in [0.05, 0.1) is 12.3 Å². The Kier molecular flexibility index (Phi) is 5.54. The van der Waals surface area contributed by atoms with Gasteiger partial charge < -0.3 is 15.4 Å². The monoisotopic (exact) mass is 363 g/mol. The predicted octanol–water partition coefficient (Wildman–Crippen LogP) is 4.89. The zero-order valence-corrected chi connectivity index (χ0v) is 16.2. The summed E-state index contributed by atoms with van der Waals surface area (Å²) in [6.07, 6.45) is 3.54. The van der Waals surface area contributed by atoms with Gasteiger partial charge in [-0.25, -0.2) is 4.98 Å². The van der Waals surface area contributed by atoms with Gasteiger partial charge in [-0.15, -0.1) is 0 Å². The molecule has 0 atom stereocenters. The highest BCUT2D eigenvalue weighted by Crippen LogP contribution is 2.25. The Balaban J connectivity index is 1.92. The smallest absolute Gasteiger partial charge is 0.225 e. The van der Waals surface area contributed by atoms with Gasteiger partial charge in [-0.2, -0.15) is 4.98 Å². The first-order valence-corrected chi connectivity index (χ1v) is 9.00. The fraction of sp³-hybridized carbons (Fsp3) is 0.286. The van der Waals surface area contributed by atoms with E-state index in [1.54, 1.807) is 12.4 Å². The lowest BCUT2D eigenvalue weighted by Crippen LogP contribution is -2.27. The third-order valence-corrected chi connectivity index (χ3v) is 3.61. The molecule has 0 saturated carbocycles. The van der Waals surface area contributed by atoms with E-state index in [-0.39, 0.29) is 5.54 Å². The van der Waals surface area contributed by atoms with Crippen LogP contribution in [0.2, 0.25) is 0 Å². The molecule has 2 aromatic heterocycles. The minimum Gasteiger partial charge on any atom is -0.494 e. The standard InChI is InChI=1S/C21H25N5O/c1-5-27-17-10-8-16(9-11-17)23-19-13-18(15-7-6-12-22-14-15)24-20(25-19)26-21(2,3)4/h6-14H,5H2,1-4H3,(H2,23,24,25,26). The van der Waals surface area contributed by atoms with Crippen molar-refractivity contribution in [2.24, 2.45) is 0 Å². The molecule has 0 radical (unpaired) electrons. The highest BCUT2D eigenvalue weighted by atomic mass is 16.5. The molecule has 2 heterocycles. The molecule has 0 saturated heterocycles. The van der Waals surface area contributed by atoms with Crippen molar-refractivity contribution in [3.63, 3.8) is 0 Å². The highest BCUT2D eigenvalue weighted by Gasteiger charge is 2.14. The van der Waals surface area contributed by atoms with Crippen molar-refractivity contribution >= 4 is 17.5 Å². The Morgan fingerprint density at radius 2 is 1.81 bits per heavy atom. The van der Waals surface area contributed by atoms with E-state index in [1.165, 1.54) is 0 Å². The number of hydrogen-bond donors (Lipinski definition) is 2. The lowest BCUT2D eigenvalue weighted by Gasteiger charge is -2.21. The molecule has 0 unspecified atom stereocenters. The number of rotatable bonds is 6. The molecule has 0 spiro atoms. The lowest BCUT2D eigenvalue weighted by molar-refractivity contribution is 0.340. The summed E-state index contributed by atoms with van der Waals surface area (Å²) in [5, 5.41) is 6.68. The van der Waals surface area contributed by atoms with Gasteiger partial charge in [-0.05, 0) is 64.1 Å². The molecule has 0 aliphatic carbocycles. The molecule has 140 valence electrons. The number of ether oxygens (including phenoxy) is 1. The van der Waals surface area contributed by atoms with E-state index in [0.29, 0.717) is 18.4 Å². The van der Waals surface area contributed by atoms with E-state index < -0.39 is 0 Å². The van der Waals surface area contributed by atoms with Crippen LogP contribution >= 0.6 is 0 Å². The molecule has 1 aromatic carbocycles. The van der Waals surface area contributed by atoms with Gasteiger partial charge in [0.15, 0.2) is 0 Å². The van der Waals surface area contributed by atoms with E-state index in [0.717, 1.165) is 22.7 Å². The van der Waals surface area contributed by atoms with Crippen molar-refractivity contribution in [3.05, 3.63) is 54.9 Å². The Hall–Kier alpha value is -3.15. The normalized spacial score (nSPS) is 11.1. The van der Waals surface area contributed by atoms with Gasteiger partial charge >= 0.3 is 0 Å². The molecule has 0 aliphatic heterocycles. The van der Waals surface area contributed by atoms with Gasteiger partial charge in [0.2, 0.25) is 5.95 Å². The van der Waals surface area contributed by atoms with E-state index >= 15 is 0 Å². The summed E-state index contributed by atoms with van der Waals surface area (Å²) in [6.45, 7) is 8.84. The van der Waals surface area contributed by atoms with Crippen LogP contribution in [0.15, 0.2) is 54.9 Å². The summed E-state index contributed by atoms with van der Waals surface area (Å²) in [4.78, 5) is 13.5. The maximum atomic E-state index is 5.49. The number of nitrogens with one attached hydrogen (secondary N) is 2. The zero-order valence-electron chi connectivity index (χ0n) is 16.2. The van der Waals surface area contributed by atoms with Crippen LogP contribution < -0.4 is 15.4 Å². The molecule has 2 N–H and O–H groups in total. The van der Waals surface area contributed by atoms with E-state index in [2.05, 4.69) is 46.4 Å². The molecule has 0 bridgehead atoms. The van der Waals surface area contributed by atoms with Crippen LogP contribution in [0.1, 0.15) is 27.7 Å². The van der Waals surface area contributed by atoms with Crippen molar-refractivity contribution in [1.29, 1.82) is 0 Å². The van der Waals surface area contributed by atoms with Crippen molar-refractivity contribution in [2.75, 3.05) is 17.2 Å². The quantitative estimate of drug-likeness (QED) is 0.649. The van der Waals surface area contributed by atoms with Crippen molar-refractivity contribution in [2.45, 2.75) is 33.2 Å². The van der Waals surface area contributed by atoms with Crippen LogP contribution in [-0.2, 0) is 0 Å². The van der Waals surface area contributed by atoms with Crippen molar-refractivity contribution in [1.82, 2.24) is 15.0 Å². The summed E-state index contributed by atoms with van der Waals surface area (Å²) >= 11 is 0. The predicted molar refractivity (Wildman–Crippen MR) is 110 cm³/mol. The van der Waals surface area contributed by atoms with Crippen LogP contribution in [0.3, 0.4) is 0 Å². The first-order chi connectivity index (χ1) is 12.9. The molecule has 6 heteroatoms. The fourth-order valence-corrected chi connectivity index (χ4v) is 2.51. The maximum absolute atomic E-state index is 5.49. The Morgan fingerprint density at radius 3 is 2.44 bits per heavy atom. The fourth-order valence-electron chi connectivity index (χ4n) is 2.51. The van der Waals surface area contributed by atoms with Gasteiger partial charge in [0.1, 0.15) is 11.6 Å². The summed E-state index contributed by atoms with van der Waals surface area (Å²) in [5.74, 6) is 2.12. The molecule has 0 aliphatic rings. The lowest BCUT2D eigenvalue weighted by atomic mass is 10.1. The minimum absolute atomic E-state index is 0.149. The highest BCUT2D eigenvalue weighted by molar-refractivity contribution is 5.67. The summed E-state index contributed by atoms with van der Waals surface area (Å²) in [6, 6.07) is 13.6. The van der Waals surface area contributed by atoms with E-state index in [4.69, 9.17) is 4.74 Å². The Labute approximate surface area is 160 Å². The van der Waals surface area contributed by atoms with Crippen molar-refractivity contribution in [3.8, 4) is 17.0 Å². The number of nitrogens with zero attached hydrogens (tertiary/aromatic N) is 3. The minimum atomic E-state index is -0.149. The SMILES string of the molecule is CCOc1ccc(Nc2cc(-c3cccnc3)nc(NC(C)(C)C)n2)cc1. The first-order valence-electron chi connectivity index (χ1n) is 9.00. The second-order valence-electron chi connectivity index (χ2n) is 7.16. The molecule has 3 rings (SSSR count). The number of hydrogen-bond acceptors (Lipinski definition) is 6. The van der Waals surface area contributed by atoms with Crippen LogP contribution in [-0.4, -0.2) is 27.1 Å². The van der Waals surface area contributed by atoms with Crippen LogP contribution in [0, 0.1) is 0 Å². The van der Waals surface area contributed by atoms with Gasteiger partial charge in [0, 0.05) is 35.2 Å². The largest absolute Gasteiger partial charge is 0.494 e. The van der Waals surface area contributed by atoms with Crippen LogP contribution in [0.4, 0.5) is 17.5 Å². The number of anilines is 3. The molecule has 0 amide bonds. The van der Waals surface area contributed by atoms with E-state index in [1.807, 2.05) is 49.4 Å². The van der Waals surface area contributed by atoms with Gasteiger partial charge in [0.25, 0.3) is 0 Å². The molecular weight excluding hydrogens is 338 g/mol. The second-order valence-corrected chi connectivity index (χ2v) is 7.16. The number of benzene rings is 1. The summed E-state index contributed by atoms with van der Waals surface area (Å²) < 4.78 is 5.49.